The molecule has 142 valence electrons. The number of rotatable bonds is 7. The number of carbonyl (C=O) groups excluding carboxylic acids is 2. The van der Waals surface area contributed by atoms with Crippen molar-refractivity contribution in [3.8, 4) is 11.5 Å². The maximum absolute atomic E-state index is 11.9. The molecular formula is C21H23NO5. The maximum Gasteiger partial charge on any atom is 0.331 e. The highest BCUT2D eigenvalue weighted by Gasteiger charge is 2.07. The van der Waals surface area contributed by atoms with Gasteiger partial charge in [0.25, 0.3) is 5.91 Å². The van der Waals surface area contributed by atoms with E-state index in [1.807, 2.05) is 32.0 Å². The summed E-state index contributed by atoms with van der Waals surface area (Å²) in [5, 5.41) is 2.71. The molecule has 0 aliphatic carbocycles. The van der Waals surface area contributed by atoms with Gasteiger partial charge in [-0.05, 0) is 60.9 Å². The summed E-state index contributed by atoms with van der Waals surface area (Å²) < 4.78 is 15.3. The van der Waals surface area contributed by atoms with Gasteiger partial charge in [0.15, 0.2) is 18.1 Å². The Balaban J connectivity index is 1.88. The van der Waals surface area contributed by atoms with Crippen LogP contribution in [-0.4, -0.2) is 32.7 Å². The monoisotopic (exact) mass is 369 g/mol. The number of nitrogens with one attached hydrogen (secondary N) is 1. The third-order valence-corrected chi connectivity index (χ3v) is 3.67. The Labute approximate surface area is 158 Å². The number of benzene rings is 2. The van der Waals surface area contributed by atoms with Crippen LogP contribution in [0.3, 0.4) is 0 Å². The number of amides is 1. The van der Waals surface area contributed by atoms with E-state index < -0.39 is 11.9 Å². The quantitative estimate of drug-likeness (QED) is 0.597. The summed E-state index contributed by atoms with van der Waals surface area (Å²) in [5.74, 6) is 0.148. The molecular weight excluding hydrogens is 346 g/mol. The van der Waals surface area contributed by atoms with Gasteiger partial charge < -0.3 is 19.5 Å². The summed E-state index contributed by atoms with van der Waals surface area (Å²) >= 11 is 0. The third-order valence-electron chi connectivity index (χ3n) is 3.67. The number of hydrogen-bond acceptors (Lipinski definition) is 5. The van der Waals surface area contributed by atoms with Crippen molar-refractivity contribution in [2.75, 3.05) is 26.1 Å². The molecule has 0 aliphatic rings. The molecule has 1 amide bonds. The lowest BCUT2D eigenvalue weighted by Gasteiger charge is -2.08. The van der Waals surface area contributed by atoms with Crippen LogP contribution >= 0.6 is 0 Å². The van der Waals surface area contributed by atoms with Crippen molar-refractivity contribution in [2.24, 2.45) is 0 Å². The van der Waals surface area contributed by atoms with E-state index in [0.29, 0.717) is 17.2 Å². The van der Waals surface area contributed by atoms with E-state index in [1.165, 1.54) is 13.2 Å². The molecule has 2 aromatic rings. The van der Waals surface area contributed by atoms with Crippen LogP contribution in [0.2, 0.25) is 0 Å². The zero-order valence-corrected chi connectivity index (χ0v) is 15.9. The van der Waals surface area contributed by atoms with Gasteiger partial charge in [-0.2, -0.15) is 0 Å². The van der Waals surface area contributed by atoms with Crippen LogP contribution in [0.5, 0.6) is 11.5 Å². The number of aryl methyl sites for hydroxylation is 2. The molecule has 0 spiro atoms. The summed E-state index contributed by atoms with van der Waals surface area (Å²) in [5.41, 5.74) is 3.50. The van der Waals surface area contributed by atoms with E-state index in [4.69, 9.17) is 14.2 Å². The van der Waals surface area contributed by atoms with Crippen molar-refractivity contribution in [1.29, 1.82) is 0 Å². The van der Waals surface area contributed by atoms with E-state index in [2.05, 4.69) is 5.32 Å². The van der Waals surface area contributed by atoms with E-state index in [-0.39, 0.29) is 6.61 Å². The zero-order chi connectivity index (χ0) is 19.8. The van der Waals surface area contributed by atoms with Crippen LogP contribution in [-0.2, 0) is 14.3 Å². The minimum absolute atomic E-state index is 0.359. The van der Waals surface area contributed by atoms with Crippen LogP contribution in [0, 0.1) is 13.8 Å². The minimum atomic E-state index is -0.611. The topological polar surface area (TPSA) is 73.9 Å². The number of anilines is 1. The smallest absolute Gasteiger partial charge is 0.331 e. The lowest BCUT2D eigenvalue weighted by Crippen LogP contribution is -2.20. The Morgan fingerprint density at radius 1 is 0.963 bits per heavy atom. The Kier molecular flexibility index (Phi) is 7.00. The average molecular weight is 369 g/mol. The van der Waals surface area contributed by atoms with Gasteiger partial charge >= 0.3 is 5.97 Å². The lowest BCUT2D eigenvalue weighted by molar-refractivity contribution is -0.142. The van der Waals surface area contributed by atoms with Gasteiger partial charge in [0.1, 0.15) is 0 Å². The van der Waals surface area contributed by atoms with Gasteiger partial charge in [-0.1, -0.05) is 12.1 Å². The highest BCUT2D eigenvalue weighted by molar-refractivity contribution is 5.94. The van der Waals surface area contributed by atoms with Crippen molar-refractivity contribution >= 4 is 23.6 Å². The molecule has 6 nitrogen and oxygen atoms in total. The first-order chi connectivity index (χ1) is 12.9. The summed E-state index contributed by atoms with van der Waals surface area (Å²) in [7, 11) is 3.09. The zero-order valence-electron chi connectivity index (χ0n) is 15.9. The normalized spacial score (nSPS) is 10.5. The van der Waals surface area contributed by atoms with Gasteiger partial charge in [-0.25, -0.2) is 4.79 Å². The third kappa shape index (κ3) is 6.18. The highest BCUT2D eigenvalue weighted by Crippen LogP contribution is 2.27. The van der Waals surface area contributed by atoms with Crippen LogP contribution in [0.15, 0.2) is 42.5 Å². The number of methoxy groups -OCH3 is 2. The van der Waals surface area contributed by atoms with Gasteiger partial charge in [-0.3, -0.25) is 4.79 Å². The Morgan fingerprint density at radius 2 is 1.63 bits per heavy atom. The fourth-order valence-corrected chi connectivity index (χ4v) is 2.55. The van der Waals surface area contributed by atoms with Gasteiger partial charge in [0.05, 0.1) is 14.2 Å². The molecule has 1 N–H and O–H groups in total. The molecule has 6 heteroatoms. The van der Waals surface area contributed by atoms with Crippen LogP contribution < -0.4 is 14.8 Å². The number of carbonyl (C=O) groups is 2. The first-order valence-corrected chi connectivity index (χ1v) is 8.36. The van der Waals surface area contributed by atoms with Crippen molar-refractivity contribution < 1.29 is 23.8 Å². The molecule has 0 atom stereocenters. The molecule has 0 heterocycles. The Bertz CT molecular complexity index is 837. The largest absolute Gasteiger partial charge is 0.493 e. The second-order valence-corrected chi connectivity index (χ2v) is 5.98. The summed E-state index contributed by atoms with van der Waals surface area (Å²) in [4.78, 5) is 23.7. The summed E-state index contributed by atoms with van der Waals surface area (Å²) in [6, 6.07) is 11.0. The fraction of sp³-hybridized carbons (Fsp3) is 0.238. The first kappa shape index (κ1) is 20.0. The molecule has 27 heavy (non-hydrogen) atoms. The summed E-state index contributed by atoms with van der Waals surface area (Å²) in [6.45, 7) is 3.53. The van der Waals surface area contributed by atoms with Crippen LogP contribution in [0.4, 0.5) is 5.69 Å². The highest BCUT2D eigenvalue weighted by atomic mass is 16.5. The van der Waals surface area contributed by atoms with Gasteiger partial charge in [-0.15, -0.1) is 0 Å². The second-order valence-electron chi connectivity index (χ2n) is 5.98. The number of hydrogen-bond donors (Lipinski definition) is 1. The van der Waals surface area contributed by atoms with E-state index >= 15 is 0 Å². The number of ether oxygens (including phenoxy) is 3. The second kappa shape index (κ2) is 9.43. The molecule has 2 rings (SSSR count). The predicted octanol–water partition coefficient (Wildman–Crippen LogP) is 3.52. The molecule has 0 aromatic heterocycles. The molecule has 0 saturated heterocycles. The minimum Gasteiger partial charge on any atom is -0.493 e. The van der Waals surface area contributed by atoms with Crippen LogP contribution in [0.1, 0.15) is 16.7 Å². The van der Waals surface area contributed by atoms with Crippen molar-refractivity contribution in [3.05, 3.63) is 59.2 Å². The van der Waals surface area contributed by atoms with E-state index in [9.17, 15) is 9.59 Å². The predicted molar refractivity (Wildman–Crippen MR) is 104 cm³/mol. The molecule has 0 radical (unpaired) electrons. The van der Waals surface area contributed by atoms with Gasteiger partial charge in [0, 0.05) is 11.8 Å². The van der Waals surface area contributed by atoms with Crippen LogP contribution in [0.25, 0.3) is 6.08 Å². The Hall–Kier alpha value is -3.28. The van der Waals surface area contributed by atoms with E-state index in [1.54, 1.807) is 31.4 Å². The van der Waals surface area contributed by atoms with Crippen molar-refractivity contribution in [2.45, 2.75) is 13.8 Å². The first-order valence-electron chi connectivity index (χ1n) is 8.36. The average Bonchev–Trinajstić information content (AvgIpc) is 2.63. The Morgan fingerprint density at radius 3 is 2.26 bits per heavy atom. The number of esters is 1. The molecule has 0 bridgehead atoms. The molecule has 0 unspecified atom stereocenters. The van der Waals surface area contributed by atoms with Crippen molar-refractivity contribution in [1.82, 2.24) is 0 Å². The maximum atomic E-state index is 11.9. The van der Waals surface area contributed by atoms with E-state index in [0.717, 1.165) is 16.7 Å². The van der Waals surface area contributed by atoms with Gasteiger partial charge in [0.2, 0.25) is 0 Å². The molecule has 0 aliphatic heterocycles. The standard InChI is InChI=1S/C21H23NO5/c1-14-9-15(2)11-17(10-14)22-20(23)13-27-21(24)8-6-16-5-7-18(25-3)19(12-16)26-4/h5-12H,13H2,1-4H3,(H,22,23)/b8-6+. The summed E-state index contributed by atoms with van der Waals surface area (Å²) in [6.07, 6.45) is 2.83. The van der Waals surface area contributed by atoms with Crippen molar-refractivity contribution in [3.63, 3.8) is 0 Å². The lowest BCUT2D eigenvalue weighted by atomic mass is 10.1. The fourth-order valence-electron chi connectivity index (χ4n) is 2.55. The molecule has 2 aromatic carbocycles. The SMILES string of the molecule is COc1ccc(/C=C/C(=O)OCC(=O)Nc2cc(C)cc(C)c2)cc1OC. The molecule has 0 saturated carbocycles. The molecule has 0 fully saturated rings.